The van der Waals surface area contributed by atoms with Crippen LogP contribution in [0.15, 0.2) is 21.1 Å². The summed E-state index contributed by atoms with van der Waals surface area (Å²) in [6, 6.07) is 3.88. The molecule has 1 unspecified atom stereocenters. The fourth-order valence-electron chi connectivity index (χ4n) is 1.47. The van der Waals surface area contributed by atoms with Crippen LogP contribution >= 0.6 is 31.9 Å². The third kappa shape index (κ3) is 4.98. The van der Waals surface area contributed by atoms with E-state index in [1.54, 1.807) is 7.11 Å². The van der Waals surface area contributed by atoms with Crippen molar-refractivity contribution >= 4 is 43.5 Å². The number of hydrogen-bond donors (Lipinski definition) is 2. The second-order valence-electron chi connectivity index (χ2n) is 4.92. The third-order valence-corrected chi connectivity index (χ3v) is 4.35. The Hall–Kier alpha value is -0.750. The molecule has 0 radical (unpaired) electrons. The van der Waals surface area contributed by atoms with Crippen molar-refractivity contribution in [1.82, 2.24) is 5.32 Å². The maximum absolute atomic E-state index is 11.8. The summed E-state index contributed by atoms with van der Waals surface area (Å²) in [4.78, 5) is 11.8. The average Bonchev–Trinajstić information content (AvgIpc) is 2.37. The van der Waals surface area contributed by atoms with Gasteiger partial charge in [-0.3, -0.25) is 4.79 Å². The molecule has 0 aliphatic rings. The first kappa shape index (κ1) is 17.3. The normalized spacial score (nSPS) is 12.2. The van der Waals surface area contributed by atoms with Gasteiger partial charge in [0.25, 0.3) is 0 Å². The summed E-state index contributed by atoms with van der Waals surface area (Å²) >= 11 is 6.86. The predicted octanol–water partition coefficient (Wildman–Crippen LogP) is 3.79. The quantitative estimate of drug-likeness (QED) is 0.754. The molecule has 0 aliphatic carbocycles. The van der Waals surface area contributed by atoms with E-state index in [1.165, 1.54) is 0 Å². The van der Waals surface area contributed by atoms with Crippen molar-refractivity contribution in [2.24, 2.45) is 5.92 Å². The number of methoxy groups -OCH3 is 1. The Kier molecular flexibility index (Phi) is 6.82. The number of amides is 1. The van der Waals surface area contributed by atoms with Gasteiger partial charge in [0.1, 0.15) is 5.75 Å². The molecular weight excluding hydrogens is 388 g/mol. The Bertz CT molecular complexity index is 478. The minimum Gasteiger partial charge on any atom is -0.495 e. The molecule has 0 spiro atoms. The van der Waals surface area contributed by atoms with E-state index in [0.717, 1.165) is 14.6 Å². The van der Waals surface area contributed by atoms with Crippen molar-refractivity contribution in [1.29, 1.82) is 0 Å². The van der Waals surface area contributed by atoms with E-state index in [9.17, 15) is 4.79 Å². The number of rotatable bonds is 6. The van der Waals surface area contributed by atoms with Crippen LogP contribution in [0.1, 0.15) is 20.8 Å². The molecule has 0 heterocycles. The topological polar surface area (TPSA) is 50.4 Å². The number of anilines is 1. The van der Waals surface area contributed by atoms with Crippen LogP contribution in [-0.2, 0) is 4.79 Å². The molecule has 1 aromatic rings. The number of carbonyl (C=O) groups excluding carboxylic acids is 1. The molecule has 20 heavy (non-hydrogen) atoms. The maximum atomic E-state index is 11.8. The molecule has 0 fully saturated rings. The maximum Gasteiger partial charge on any atom is 0.239 e. The molecule has 0 bridgehead atoms. The predicted molar refractivity (Wildman–Crippen MR) is 89.3 cm³/mol. The summed E-state index contributed by atoms with van der Waals surface area (Å²) in [6.45, 7) is 6.38. The zero-order chi connectivity index (χ0) is 15.3. The summed E-state index contributed by atoms with van der Waals surface area (Å²) in [5, 5.41) is 6.05. The zero-order valence-electron chi connectivity index (χ0n) is 12.1. The fraction of sp³-hybridized carbons (Fsp3) is 0.500. The molecule has 0 saturated heterocycles. The highest BCUT2D eigenvalue weighted by atomic mass is 79.9. The molecule has 1 aromatic carbocycles. The smallest absolute Gasteiger partial charge is 0.239 e. The van der Waals surface area contributed by atoms with Gasteiger partial charge in [-0.1, -0.05) is 13.8 Å². The van der Waals surface area contributed by atoms with E-state index in [4.69, 9.17) is 4.74 Å². The lowest BCUT2D eigenvalue weighted by Gasteiger charge is -2.18. The van der Waals surface area contributed by atoms with E-state index < -0.39 is 0 Å². The van der Waals surface area contributed by atoms with Crippen molar-refractivity contribution in [3.63, 3.8) is 0 Å². The number of benzene rings is 1. The molecule has 1 amide bonds. The van der Waals surface area contributed by atoms with Gasteiger partial charge >= 0.3 is 0 Å². The molecule has 0 saturated carbocycles. The minimum atomic E-state index is -0.0278. The fourth-order valence-corrected chi connectivity index (χ4v) is 2.76. The summed E-state index contributed by atoms with van der Waals surface area (Å²) in [5.74, 6) is 1.10. The van der Waals surface area contributed by atoms with Gasteiger partial charge in [0.15, 0.2) is 0 Å². The third-order valence-electron chi connectivity index (χ3n) is 3.07. The first-order chi connectivity index (χ1) is 9.35. The van der Waals surface area contributed by atoms with E-state index >= 15 is 0 Å². The van der Waals surface area contributed by atoms with Crippen LogP contribution < -0.4 is 15.4 Å². The Morgan fingerprint density at radius 3 is 2.45 bits per heavy atom. The van der Waals surface area contributed by atoms with E-state index in [-0.39, 0.29) is 18.5 Å². The second-order valence-corrected chi connectivity index (χ2v) is 6.63. The molecule has 6 heteroatoms. The van der Waals surface area contributed by atoms with Gasteiger partial charge in [-0.2, -0.15) is 0 Å². The molecule has 1 rings (SSSR count). The Morgan fingerprint density at radius 2 is 1.90 bits per heavy atom. The van der Waals surface area contributed by atoms with Crippen molar-refractivity contribution in [3.05, 3.63) is 21.1 Å². The molecule has 2 N–H and O–H groups in total. The van der Waals surface area contributed by atoms with Crippen molar-refractivity contribution < 1.29 is 9.53 Å². The van der Waals surface area contributed by atoms with Crippen LogP contribution in [-0.4, -0.2) is 25.6 Å². The zero-order valence-corrected chi connectivity index (χ0v) is 15.3. The van der Waals surface area contributed by atoms with E-state index in [0.29, 0.717) is 11.7 Å². The lowest BCUT2D eigenvalue weighted by Crippen LogP contribution is -2.39. The monoisotopic (exact) mass is 406 g/mol. The molecule has 0 aromatic heterocycles. The van der Waals surface area contributed by atoms with Crippen molar-refractivity contribution in [2.75, 3.05) is 19.0 Å². The summed E-state index contributed by atoms with van der Waals surface area (Å²) in [5.41, 5.74) is 0.817. The highest BCUT2D eigenvalue weighted by Crippen LogP contribution is 2.34. The Balaban J connectivity index is 2.64. The SMILES string of the molecule is COc1cc(NCC(=O)NC(C)C(C)C)c(Br)cc1Br. The minimum absolute atomic E-state index is 0.0278. The van der Waals surface area contributed by atoms with Crippen molar-refractivity contribution in [2.45, 2.75) is 26.8 Å². The number of carbonyl (C=O) groups is 1. The van der Waals surface area contributed by atoms with Gasteiger partial charge in [0.05, 0.1) is 23.8 Å². The Labute approximate surface area is 136 Å². The summed E-state index contributed by atoms with van der Waals surface area (Å²) < 4.78 is 6.96. The second kappa shape index (κ2) is 7.88. The van der Waals surface area contributed by atoms with Gasteiger partial charge in [0, 0.05) is 16.6 Å². The average molecular weight is 408 g/mol. The first-order valence-corrected chi connectivity index (χ1v) is 8.00. The van der Waals surface area contributed by atoms with Gasteiger partial charge < -0.3 is 15.4 Å². The van der Waals surface area contributed by atoms with Crippen LogP contribution in [0.3, 0.4) is 0 Å². The van der Waals surface area contributed by atoms with Gasteiger partial charge in [-0.15, -0.1) is 0 Å². The summed E-state index contributed by atoms with van der Waals surface area (Å²) in [6.07, 6.45) is 0. The van der Waals surface area contributed by atoms with Crippen LogP contribution in [0.2, 0.25) is 0 Å². The highest BCUT2D eigenvalue weighted by molar-refractivity contribution is 9.11. The van der Waals surface area contributed by atoms with Crippen molar-refractivity contribution in [3.8, 4) is 5.75 Å². The van der Waals surface area contributed by atoms with Crippen LogP contribution in [0, 0.1) is 5.92 Å². The standard InChI is InChI=1S/C14H20Br2N2O2/c1-8(2)9(3)18-14(19)7-17-12-6-13(20-4)11(16)5-10(12)15/h5-6,8-9,17H,7H2,1-4H3,(H,18,19). The van der Waals surface area contributed by atoms with Gasteiger partial charge in [0.2, 0.25) is 5.91 Å². The number of halogens is 2. The largest absolute Gasteiger partial charge is 0.495 e. The Morgan fingerprint density at radius 1 is 1.25 bits per heavy atom. The lowest BCUT2D eigenvalue weighted by molar-refractivity contribution is -0.120. The summed E-state index contributed by atoms with van der Waals surface area (Å²) in [7, 11) is 1.61. The molecule has 0 aliphatic heterocycles. The van der Waals surface area contributed by atoms with Crippen LogP contribution in [0.5, 0.6) is 5.75 Å². The molecule has 112 valence electrons. The van der Waals surface area contributed by atoms with Gasteiger partial charge in [-0.25, -0.2) is 0 Å². The molecular formula is C14H20Br2N2O2. The lowest BCUT2D eigenvalue weighted by atomic mass is 10.1. The van der Waals surface area contributed by atoms with Crippen LogP contribution in [0.25, 0.3) is 0 Å². The van der Waals surface area contributed by atoms with Crippen LogP contribution in [0.4, 0.5) is 5.69 Å². The molecule has 1 atom stereocenters. The number of ether oxygens (including phenoxy) is 1. The molecule has 4 nitrogen and oxygen atoms in total. The first-order valence-electron chi connectivity index (χ1n) is 6.41. The number of hydrogen-bond acceptors (Lipinski definition) is 3. The van der Waals surface area contributed by atoms with Gasteiger partial charge in [-0.05, 0) is 50.8 Å². The highest BCUT2D eigenvalue weighted by Gasteiger charge is 2.12. The van der Waals surface area contributed by atoms with E-state index in [1.807, 2.05) is 19.1 Å². The number of nitrogens with one attached hydrogen (secondary N) is 2. The van der Waals surface area contributed by atoms with E-state index in [2.05, 4.69) is 56.3 Å².